The van der Waals surface area contributed by atoms with Crippen LogP contribution in [-0.2, 0) is 38.2 Å². The Hall–Kier alpha value is -11.1. The third kappa shape index (κ3) is 18.8. The number of rotatable bonds is 11. The number of ether oxygens (including phenoxy) is 4. The van der Waals surface area contributed by atoms with Gasteiger partial charge in [-0.05, 0) is 150 Å². The first-order valence-corrected chi connectivity index (χ1v) is 37.4. The number of carbonyl (C=O) groups excluding carboxylic acids is 7. The molecular weight excluding hydrogens is 1420 g/mol. The van der Waals surface area contributed by atoms with Gasteiger partial charge in [0.25, 0.3) is 17.8 Å². The van der Waals surface area contributed by atoms with Crippen LogP contribution in [0.25, 0.3) is 43.2 Å². The summed E-state index contributed by atoms with van der Waals surface area (Å²) >= 11 is 2.98. The highest BCUT2D eigenvalue weighted by atomic mass is 32.1. The number of aromatic nitrogens is 12. The van der Waals surface area contributed by atoms with Crippen LogP contribution in [0.3, 0.4) is 0 Å². The van der Waals surface area contributed by atoms with Crippen LogP contribution in [0.2, 0.25) is 0 Å². The smallest absolute Gasteiger partial charge is 0.408 e. The van der Waals surface area contributed by atoms with Gasteiger partial charge in [-0.15, -0.1) is 32.9 Å². The number of tetrazole rings is 2. The molecule has 8 aromatic rings. The molecule has 35 heteroatoms. The number of aromatic amines is 2. The number of nitrogen functional groups attached to an aromatic ring is 1. The first-order valence-electron chi connectivity index (χ1n) is 35.6. The molecule has 7 amide bonds. The number of benzene rings is 2. The van der Waals surface area contributed by atoms with Crippen molar-refractivity contribution in [1.82, 2.24) is 92.3 Å². The summed E-state index contributed by atoms with van der Waals surface area (Å²) in [5.41, 5.74) is 4.42. The fourth-order valence-electron chi connectivity index (χ4n) is 13.4. The molecule has 14 rings (SSSR count). The zero-order valence-electron chi connectivity index (χ0n) is 59.9. The van der Waals surface area contributed by atoms with Gasteiger partial charge in [0.2, 0.25) is 35.4 Å². The van der Waals surface area contributed by atoms with E-state index in [2.05, 4.69) is 67.8 Å². The first-order chi connectivity index (χ1) is 51.3. The number of nitrogens with zero attached hydrogens (tertiary/aromatic N) is 12. The molecule has 4 fully saturated rings. The van der Waals surface area contributed by atoms with Crippen molar-refractivity contribution >= 4 is 104 Å². The van der Waals surface area contributed by atoms with Crippen molar-refractivity contribution in [3.05, 3.63) is 108 Å². The number of thiophene rings is 2. The number of hydrogen-bond donors (Lipinski definition) is 9. The fourth-order valence-corrected chi connectivity index (χ4v) is 14.8. The van der Waals surface area contributed by atoms with Crippen LogP contribution in [0.1, 0.15) is 131 Å². The van der Waals surface area contributed by atoms with Crippen molar-refractivity contribution < 1.29 is 62.4 Å². The average molecular weight is 1500 g/mol. The lowest BCUT2D eigenvalue weighted by molar-refractivity contribution is -0.145. The molecule has 6 aliphatic rings. The molecule has 2 saturated carbocycles. The first kappa shape index (κ1) is 75.6. The second-order valence-corrected chi connectivity index (χ2v) is 30.9. The third-order valence-corrected chi connectivity index (χ3v) is 20.5. The summed E-state index contributed by atoms with van der Waals surface area (Å²) in [6.07, 6.45) is 12.6. The highest BCUT2D eigenvalue weighted by Crippen LogP contribution is 2.48. The second-order valence-electron chi connectivity index (χ2n) is 29.0. The SMILES string of the molecule is CC(C)(C)OC(=O)N[C@H]1CCCCC/C=C\[C@@H]2C[C@@]2(C(=O)Nc2nn[nH]n2)NC(=O)[C@@H]2C[C@@H](Oc3nc4ccccc4nc3-c3cccs3)CN2C1=O.CC(C)(C)OC(=O)N[C@H]1CCCCC/C=C\[C@@H]2C[C@@]2(C(=O)O)NC(=O)[C@@H]2C[C@@H](Oc3nc4ccccc4nc3-c3cccs3)CN2C1=O.Nc1nn[nH]n1. The van der Waals surface area contributed by atoms with E-state index in [0.717, 1.165) is 48.3 Å². The lowest BCUT2D eigenvalue weighted by atomic mass is 10.0. The number of fused-ring (bicyclic) bond motifs is 6. The summed E-state index contributed by atoms with van der Waals surface area (Å²) in [7, 11) is 0. The third-order valence-electron chi connectivity index (χ3n) is 18.7. The number of nitrogens with two attached hydrogens (primary N) is 1. The molecule has 0 radical (unpaired) electrons. The Labute approximate surface area is 622 Å². The predicted octanol–water partition coefficient (Wildman–Crippen LogP) is 8.01. The number of allylic oxidation sites excluding steroid dienone is 2. The molecule has 10 N–H and O–H groups in total. The molecular formula is C72H86N20O13S2. The summed E-state index contributed by atoms with van der Waals surface area (Å²) < 4.78 is 24.1. The Bertz CT molecular complexity index is 4550. The zero-order chi connectivity index (χ0) is 75.6. The van der Waals surface area contributed by atoms with E-state index in [1.54, 1.807) is 41.5 Å². The van der Waals surface area contributed by atoms with Crippen LogP contribution in [-0.4, -0.2) is 196 Å². The maximum absolute atomic E-state index is 14.5. The van der Waals surface area contributed by atoms with Gasteiger partial charge in [-0.25, -0.2) is 34.3 Å². The topological polar surface area (TPSA) is 447 Å². The van der Waals surface area contributed by atoms with E-state index >= 15 is 0 Å². The number of amides is 7. The number of anilines is 2. The van der Waals surface area contributed by atoms with Gasteiger partial charge in [-0.3, -0.25) is 29.3 Å². The van der Waals surface area contributed by atoms with Gasteiger partial charge in [0.05, 0.1) is 44.9 Å². The maximum Gasteiger partial charge on any atom is 0.408 e. The van der Waals surface area contributed by atoms with Crippen LogP contribution in [0.5, 0.6) is 11.8 Å². The van der Waals surface area contributed by atoms with Gasteiger partial charge >= 0.3 is 18.2 Å². The minimum atomic E-state index is -1.44. The molecule has 10 atom stereocenters. The standard InChI is InChI=1S/C36H42N10O6S.C35H41N5O7S.CH3N5/c1-35(2,3)52-34(50)39-25-15-8-6-4-5-7-12-21-19-36(21,32(49)40-33-42-44-45-43-33)41-29(47)26-18-22(20-46(26)31(25)48)51-30-28(27-16-11-17-53-27)37-23-13-9-10-14-24(23)38-30;1-34(2,3)47-33(45)38-25-15-8-6-4-5-7-12-21-19-35(21,32(43)44)39-29(41)26-18-22(20-40(26)31(25)42)46-30-28(27-16-11-17-48-27)36-23-13-9-10-14-24(23)37-30;2-1-3-5-6-4-1/h7,9-14,16-17,21-22,25-26H,4-6,8,15,18-20H2,1-3H3,(H,39,50)(H,41,47)(H2,40,42,43,44,45,49);7,9-14,16-17,21-22,25-26H,4-6,8,15,18-20H2,1-3H3,(H,38,45)(H,39,41)(H,43,44);(H3,2,3,4,5,6)/b2*12-7-;/t21-,22-,25+,26+,36-;21-,22-,25+,26+,35-;/m11./s1. The maximum atomic E-state index is 14.5. The largest absolute Gasteiger partial charge is 0.479 e. The lowest BCUT2D eigenvalue weighted by Crippen LogP contribution is -2.57. The van der Waals surface area contributed by atoms with E-state index < -0.39 is 106 Å². The number of para-hydroxylation sites is 4. The average Bonchev–Trinajstić information content (AvgIpc) is 1.58. The Morgan fingerprint density at radius 3 is 1.44 bits per heavy atom. The van der Waals surface area contributed by atoms with Gasteiger partial charge in [0.1, 0.15) is 70.0 Å². The molecule has 10 heterocycles. The number of carboxylic acids is 1. The summed E-state index contributed by atoms with van der Waals surface area (Å²) in [5, 5.41) is 53.5. The molecule has 2 aliphatic carbocycles. The van der Waals surface area contributed by atoms with Crippen LogP contribution in [0.15, 0.2) is 108 Å². The highest BCUT2D eigenvalue weighted by Gasteiger charge is 2.63. The minimum Gasteiger partial charge on any atom is -0.479 e. The van der Waals surface area contributed by atoms with Crippen LogP contribution in [0, 0.1) is 11.8 Å². The lowest BCUT2D eigenvalue weighted by Gasteiger charge is -2.30. The minimum absolute atomic E-state index is 0.0191. The van der Waals surface area contributed by atoms with Gasteiger partial charge in [-0.2, -0.15) is 10.4 Å². The highest BCUT2D eigenvalue weighted by molar-refractivity contribution is 7.13. The fraction of sp³-hybridized carbons (Fsp3) is 0.472. The molecule has 107 heavy (non-hydrogen) atoms. The van der Waals surface area contributed by atoms with Crippen molar-refractivity contribution in [2.75, 3.05) is 24.1 Å². The molecule has 564 valence electrons. The van der Waals surface area contributed by atoms with Gasteiger partial charge < -0.3 is 60.9 Å². The van der Waals surface area contributed by atoms with Gasteiger partial charge in [0.15, 0.2) is 0 Å². The Morgan fingerprint density at radius 1 is 0.579 bits per heavy atom. The van der Waals surface area contributed by atoms with Crippen LogP contribution >= 0.6 is 22.7 Å². The van der Waals surface area contributed by atoms with Crippen molar-refractivity contribution in [2.24, 2.45) is 11.8 Å². The number of alkyl carbamates (subject to hydrolysis) is 2. The summed E-state index contributed by atoms with van der Waals surface area (Å²) in [5.74, 6) is -3.56. The number of carboxylic acid groups (broad SMARTS) is 1. The van der Waals surface area contributed by atoms with Gasteiger partial charge in [0, 0.05) is 24.7 Å². The molecule has 4 aliphatic heterocycles. The molecule has 0 unspecified atom stereocenters. The van der Waals surface area contributed by atoms with E-state index in [1.807, 2.05) is 108 Å². The van der Waals surface area contributed by atoms with Crippen LogP contribution < -0.4 is 41.8 Å². The molecule has 2 aromatic carbocycles. The van der Waals surface area contributed by atoms with Crippen molar-refractivity contribution in [3.8, 4) is 32.9 Å². The van der Waals surface area contributed by atoms with Crippen molar-refractivity contribution in [2.45, 2.75) is 190 Å². The molecule has 2 saturated heterocycles. The molecule has 33 nitrogen and oxygen atoms in total. The second kappa shape index (κ2) is 32.7. The van der Waals surface area contributed by atoms with E-state index in [-0.39, 0.29) is 67.8 Å². The molecule has 0 spiro atoms. The number of H-pyrrole nitrogens is 2. The quantitative estimate of drug-likeness (QED) is 0.0553. The van der Waals surface area contributed by atoms with E-state index in [0.29, 0.717) is 65.6 Å². The predicted molar refractivity (Wildman–Crippen MR) is 393 cm³/mol. The van der Waals surface area contributed by atoms with E-state index in [9.17, 15) is 43.5 Å². The Morgan fingerprint density at radius 2 is 1.03 bits per heavy atom. The normalized spacial score (nSPS) is 25.3. The van der Waals surface area contributed by atoms with Gasteiger partial charge in [-0.1, -0.05) is 96.6 Å². The number of hydrogen-bond acceptors (Lipinski definition) is 25. The zero-order valence-corrected chi connectivity index (χ0v) is 61.6. The van der Waals surface area contributed by atoms with E-state index in [1.165, 1.54) is 32.5 Å². The number of aliphatic carboxylic acids is 1. The number of carbonyl (C=O) groups is 8. The molecule has 6 aromatic heterocycles. The Balaban J connectivity index is 0.000000186. The van der Waals surface area contributed by atoms with E-state index in [4.69, 9.17) is 44.6 Å². The summed E-state index contributed by atoms with van der Waals surface area (Å²) in [6, 6.07) is 18.6. The monoisotopic (exact) mass is 1500 g/mol. The molecule has 0 bridgehead atoms. The summed E-state index contributed by atoms with van der Waals surface area (Å²) in [4.78, 5) is 133. The van der Waals surface area contributed by atoms with Crippen molar-refractivity contribution in [3.63, 3.8) is 0 Å². The summed E-state index contributed by atoms with van der Waals surface area (Å²) in [6.45, 7) is 10.5. The number of nitrogens with one attached hydrogen (secondary N) is 7. The Kier molecular flexibility index (Phi) is 23.1. The van der Waals surface area contributed by atoms with Crippen LogP contribution in [0.4, 0.5) is 21.5 Å². The van der Waals surface area contributed by atoms with Crippen molar-refractivity contribution in [1.29, 1.82) is 0 Å².